The number of carbonyl (C=O) groups excluding carboxylic acids is 6. The van der Waals surface area contributed by atoms with E-state index in [1.54, 1.807) is 93.6 Å². The Kier molecular flexibility index (Phi) is 14.5. The van der Waals surface area contributed by atoms with Gasteiger partial charge in [-0.15, -0.1) is 0 Å². The molecule has 0 spiro atoms. The molecule has 8 rings (SSSR count). The highest BCUT2D eigenvalue weighted by Gasteiger charge is 2.82. The maximum Gasteiger partial charge on any atom is 0.353 e. The number of amides is 1. The second-order valence-corrected chi connectivity index (χ2v) is 25.3. The predicted octanol–water partition coefficient (Wildman–Crippen LogP) is 7.08. The maximum atomic E-state index is 16.2. The summed E-state index contributed by atoms with van der Waals surface area (Å²) in [6.07, 6.45) is -10.6. The SMILES string of the molecule is CC[Si](CC)(CC)O[C@@H](C(=O)O[C@H]1C[C@@]2(O)[C@@H](OC(=O)c3ccccc3)[C@@H]3[C@]4(OC(C)=O)CO[C@@H]4[C@H]4OC(=S)O[C@H]4[C@@]3(C)C(=O)[C@H](OC(C)=O)C(=C1C)C2(C)C)[C@@H](NC(=O)c1ccccc1)c1ccccc1. The van der Waals surface area contributed by atoms with Gasteiger partial charge < -0.3 is 48.0 Å². The van der Waals surface area contributed by atoms with Crippen molar-refractivity contribution in [2.45, 2.75) is 147 Å². The summed E-state index contributed by atoms with van der Waals surface area (Å²) in [6.45, 7) is 14.4. The minimum absolute atomic E-state index is 0.0649. The van der Waals surface area contributed by atoms with E-state index in [1.807, 2.05) is 26.8 Å². The zero-order chi connectivity index (χ0) is 52.1. The summed E-state index contributed by atoms with van der Waals surface area (Å²) >= 11 is 5.44. The van der Waals surface area contributed by atoms with Gasteiger partial charge in [0.2, 0.25) is 0 Å². The Morgan fingerprint density at radius 3 is 1.93 bits per heavy atom. The molecule has 2 aliphatic heterocycles. The molecule has 72 heavy (non-hydrogen) atoms. The maximum absolute atomic E-state index is 16.2. The van der Waals surface area contributed by atoms with Crippen LogP contribution in [0.1, 0.15) is 101 Å². The molecule has 2 saturated heterocycles. The molecule has 0 unspecified atom stereocenters. The normalized spacial score (nSPS) is 30.9. The van der Waals surface area contributed by atoms with Crippen LogP contribution in [0, 0.1) is 16.7 Å². The summed E-state index contributed by atoms with van der Waals surface area (Å²) in [6, 6.07) is 26.3. The van der Waals surface area contributed by atoms with E-state index in [4.69, 9.17) is 49.8 Å². The highest BCUT2D eigenvalue weighted by Crippen LogP contribution is 2.66. The topological polar surface area (TPSA) is 209 Å². The smallest absolute Gasteiger partial charge is 0.353 e. The highest BCUT2D eigenvalue weighted by atomic mass is 32.1. The van der Waals surface area contributed by atoms with Crippen LogP contribution in [0.3, 0.4) is 0 Å². The van der Waals surface area contributed by atoms with Gasteiger partial charge in [-0.2, -0.15) is 0 Å². The van der Waals surface area contributed by atoms with Crippen molar-refractivity contribution in [1.29, 1.82) is 0 Å². The molecule has 3 aromatic carbocycles. The summed E-state index contributed by atoms with van der Waals surface area (Å²) in [5.41, 5.74) is -6.61. The Balaban J connectivity index is 1.34. The van der Waals surface area contributed by atoms with Crippen molar-refractivity contribution in [3.8, 4) is 0 Å². The van der Waals surface area contributed by atoms with Gasteiger partial charge >= 0.3 is 29.1 Å². The first-order valence-electron chi connectivity index (χ1n) is 24.5. The van der Waals surface area contributed by atoms with Gasteiger partial charge in [-0.25, -0.2) is 9.59 Å². The number of thiocarbonyl (C=S) groups is 1. The second-order valence-electron chi connectivity index (χ2n) is 20.2. The standard InChI is InChI=1S/C54H63NO15SSi/c1-10-72(11-2,12-3)70-40(38(33-22-16-13-17-23-33)55-47(59)34-24-18-14-19-25-34)49(61)65-36-28-54(62)46(67-48(60)35-26-20-15-21-27-35)42-52(9,43(58)39(64-31(5)56)37(30(36)4)51(54,7)8)44-41(66-50(71)68-44)45-53(42,29-63-45)69-32(6)57/h13-27,36,38-42,44-46,62H,10-12,28-29H2,1-9H3,(H,55,59)/t36-,38-,39+,40+,41-,42-,44+,45+,46-,52+,53+,54+/m0/s1. The number of ketones is 1. The highest BCUT2D eigenvalue weighted by molar-refractivity contribution is 7.79. The molecule has 16 nitrogen and oxygen atoms in total. The van der Waals surface area contributed by atoms with Crippen molar-refractivity contribution in [3.05, 3.63) is 119 Å². The van der Waals surface area contributed by atoms with Crippen LogP contribution >= 0.6 is 12.2 Å². The van der Waals surface area contributed by atoms with Crippen LogP contribution in [-0.2, 0) is 56.8 Å². The van der Waals surface area contributed by atoms with Crippen LogP contribution in [-0.4, -0.2) is 115 Å². The molecule has 2 saturated carbocycles. The number of hydrogen-bond acceptors (Lipinski definition) is 16. The Morgan fingerprint density at radius 1 is 0.806 bits per heavy atom. The molecule has 5 aliphatic rings. The summed E-state index contributed by atoms with van der Waals surface area (Å²) < 4.78 is 51.2. The number of Topliss-reactive ketones (excluding diaryl/α,β-unsaturated/α-hetero) is 1. The average molecular weight is 1030 g/mol. The first kappa shape index (κ1) is 52.5. The second kappa shape index (κ2) is 19.9. The minimum Gasteiger partial charge on any atom is -0.456 e. The molecule has 2 heterocycles. The van der Waals surface area contributed by atoms with E-state index >= 15 is 9.59 Å². The van der Waals surface area contributed by atoms with Crippen LogP contribution in [0.25, 0.3) is 0 Å². The van der Waals surface area contributed by atoms with Crippen molar-refractivity contribution in [2.24, 2.45) is 16.7 Å². The number of carbonyl (C=O) groups is 6. The molecule has 0 aromatic heterocycles. The molecule has 4 fully saturated rings. The van der Waals surface area contributed by atoms with Gasteiger partial charge in [0, 0.05) is 43.5 Å². The van der Waals surface area contributed by atoms with Gasteiger partial charge in [0.05, 0.1) is 29.5 Å². The van der Waals surface area contributed by atoms with Crippen molar-refractivity contribution in [3.63, 3.8) is 0 Å². The van der Waals surface area contributed by atoms with Gasteiger partial charge in [-0.05, 0) is 73.0 Å². The fourth-order valence-electron chi connectivity index (χ4n) is 12.2. The van der Waals surface area contributed by atoms with Crippen molar-refractivity contribution in [1.82, 2.24) is 5.32 Å². The lowest BCUT2D eigenvalue weighted by atomic mass is 9.44. The van der Waals surface area contributed by atoms with Gasteiger partial charge in [0.1, 0.15) is 23.9 Å². The van der Waals surface area contributed by atoms with Gasteiger partial charge in [-0.3, -0.25) is 19.2 Å². The van der Waals surface area contributed by atoms with Crippen LogP contribution in [0.5, 0.6) is 0 Å². The molecule has 3 aromatic rings. The first-order valence-corrected chi connectivity index (χ1v) is 27.5. The van der Waals surface area contributed by atoms with E-state index in [0.29, 0.717) is 29.3 Å². The summed E-state index contributed by atoms with van der Waals surface area (Å²) in [7, 11) is -2.76. The number of ether oxygens (including phenoxy) is 7. The van der Waals surface area contributed by atoms with Crippen LogP contribution < -0.4 is 5.32 Å². The lowest BCUT2D eigenvalue weighted by molar-refractivity contribution is -0.357. The number of hydrogen-bond donors (Lipinski definition) is 2. The van der Waals surface area contributed by atoms with Crippen molar-refractivity contribution >= 4 is 61.3 Å². The number of fused-ring (bicyclic) bond motifs is 8. The lowest BCUT2D eigenvalue weighted by Gasteiger charge is -2.67. The summed E-state index contributed by atoms with van der Waals surface area (Å²) in [5.74, 6) is -6.24. The number of esters is 4. The Morgan fingerprint density at radius 2 is 1.39 bits per heavy atom. The number of benzene rings is 3. The van der Waals surface area contributed by atoms with E-state index in [-0.39, 0.29) is 28.6 Å². The van der Waals surface area contributed by atoms with Crippen molar-refractivity contribution in [2.75, 3.05) is 6.61 Å². The fraction of sp³-hybridized carbons (Fsp3) is 0.500. The molecular weight excluding hydrogens is 963 g/mol. The summed E-state index contributed by atoms with van der Waals surface area (Å²) in [5, 5.41) is 17.0. The Hall–Kier alpha value is -5.79. The van der Waals surface area contributed by atoms with Gasteiger partial charge in [0.25, 0.3) is 5.91 Å². The van der Waals surface area contributed by atoms with E-state index in [2.05, 4.69) is 5.32 Å². The Bertz CT molecular complexity index is 2640. The molecule has 384 valence electrons. The van der Waals surface area contributed by atoms with Crippen LogP contribution in [0.15, 0.2) is 102 Å². The third-order valence-electron chi connectivity index (χ3n) is 16.2. The lowest BCUT2D eigenvalue weighted by Crippen LogP contribution is -2.84. The molecule has 1 amide bonds. The number of rotatable bonds is 15. The monoisotopic (exact) mass is 1030 g/mol. The fourth-order valence-corrected chi connectivity index (χ4v) is 15.1. The van der Waals surface area contributed by atoms with Crippen LogP contribution in [0.2, 0.25) is 18.1 Å². The molecule has 2 bridgehead atoms. The predicted molar refractivity (Wildman–Crippen MR) is 265 cm³/mol. The van der Waals surface area contributed by atoms with E-state index in [9.17, 15) is 24.3 Å². The minimum atomic E-state index is -2.76. The van der Waals surface area contributed by atoms with Crippen molar-refractivity contribution < 1.29 is 71.5 Å². The zero-order valence-electron chi connectivity index (χ0n) is 42.0. The van der Waals surface area contributed by atoms with E-state index in [1.165, 1.54) is 26.0 Å². The van der Waals surface area contributed by atoms with Gasteiger partial charge in [0.15, 0.2) is 44.1 Å². The van der Waals surface area contributed by atoms with Gasteiger partial charge in [-0.1, -0.05) is 101 Å². The third-order valence-corrected chi connectivity index (χ3v) is 21.0. The molecule has 0 radical (unpaired) electrons. The third kappa shape index (κ3) is 8.75. The van der Waals surface area contributed by atoms with E-state index < -0.39 is 127 Å². The summed E-state index contributed by atoms with van der Waals surface area (Å²) in [4.78, 5) is 87.4. The quantitative estimate of drug-likeness (QED) is 0.0512. The molecule has 12 atom stereocenters. The average Bonchev–Trinajstić information content (AvgIpc) is 3.74. The van der Waals surface area contributed by atoms with E-state index in [0.717, 1.165) is 6.92 Å². The molecule has 18 heteroatoms. The van der Waals surface area contributed by atoms with Crippen LogP contribution in [0.4, 0.5) is 0 Å². The Labute approximate surface area is 425 Å². The largest absolute Gasteiger partial charge is 0.456 e. The number of aliphatic hydroxyl groups is 1. The zero-order valence-corrected chi connectivity index (χ0v) is 43.8. The number of nitrogens with one attached hydrogen (secondary N) is 1. The molecule has 2 N–H and O–H groups in total. The first-order chi connectivity index (χ1) is 34.1. The molecular formula is C54H63NO15SSi. The molecule has 3 aliphatic carbocycles.